The molecule has 2 aromatic carbocycles. The molecule has 0 saturated carbocycles. The number of alkyl halides is 3. The Morgan fingerprint density at radius 2 is 1.91 bits per heavy atom. The van der Waals surface area contributed by atoms with Gasteiger partial charge in [0.2, 0.25) is 5.82 Å². The standard InChI is InChI=1S/C22H17Cl2F4N5OS/c1-3-35(14-5-6-16(24)15(10-14)22(26,27)28)31-17-8-12(23)11-29-20(17)21-30-32-33(21)18-9-13(25)4-7-19(18)34-2/h3-11,31-32H,1-2H3. The van der Waals surface area contributed by atoms with E-state index in [1.54, 1.807) is 18.4 Å². The van der Waals surface area contributed by atoms with Crippen LogP contribution in [0.15, 0.2) is 53.6 Å². The van der Waals surface area contributed by atoms with Crippen LogP contribution in [0, 0.1) is 5.82 Å². The van der Waals surface area contributed by atoms with E-state index in [1.165, 1.54) is 48.3 Å². The lowest BCUT2D eigenvalue weighted by Crippen LogP contribution is -2.17. The summed E-state index contributed by atoms with van der Waals surface area (Å²) in [6, 6.07) is 9.30. The lowest BCUT2D eigenvalue weighted by atomic mass is 10.2. The van der Waals surface area contributed by atoms with E-state index in [4.69, 9.17) is 27.9 Å². The fraction of sp³-hybridized carbons (Fsp3) is 0.136. The number of nitrogens with one attached hydrogen (secondary N) is 2. The lowest BCUT2D eigenvalue weighted by Gasteiger charge is -2.21. The molecule has 0 aliphatic carbocycles. The van der Waals surface area contributed by atoms with E-state index in [2.05, 4.69) is 20.0 Å². The van der Waals surface area contributed by atoms with E-state index < -0.39 is 28.2 Å². The summed E-state index contributed by atoms with van der Waals surface area (Å²) in [4.78, 5) is 4.71. The summed E-state index contributed by atoms with van der Waals surface area (Å²) in [5, 5.41) is 8.48. The zero-order valence-corrected chi connectivity index (χ0v) is 20.5. The first-order chi connectivity index (χ1) is 16.6. The molecular formula is C22H17Cl2F4N5OS. The maximum Gasteiger partial charge on any atom is 0.417 e. The highest BCUT2D eigenvalue weighted by Crippen LogP contribution is 2.40. The number of hydrogen-bond donors (Lipinski definition) is 2. The van der Waals surface area contributed by atoms with Gasteiger partial charge in [0.05, 0.1) is 28.4 Å². The predicted molar refractivity (Wildman–Crippen MR) is 130 cm³/mol. The first-order valence-corrected chi connectivity index (χ1v) is 12.0. The van der Waals surface area contributed by atoms with Crippen molar-refractivity contribution in [3.05, 3.63) is 70.1 Å². The second-order valence-corrected chi connectivity index (χ2v) is 9.72. The number of hydrogen-bond acceptors (Lipinski definition) is 4. The molecule has 4 rings (SSSR count). The van der Waals surface area contributed by atoms with Crippen molar-refractivity contribution in [3.8, 4) is 23.0 Å². The van der Waals surface area contributed by atoms with Gasteiger partial charge in [0.1, 0.15) is 22.9 Å². The van der Waals surface area contributed by atoms with Crippen LogP contribution in [0.3, 0.4) is 0 Å². The first kappa shape index (κ1) is 25.1. The number of rotatable bonds is 6. The van der Waals surface area contributed by atoms with Crippen molar-refractivity contribution < 1.29 is 22.3 Å². The van der Waals surface area contributed by atoms with Gasteiger partial charge in [-0.15, -0.1) is 5.10 Å². The van der Waals surface area contributed by atoms with Crippen molar-refractivity contribution in [2.75, 3.05) is 11.8 Å². The maximum atomic E-state index is 13.9. The summed E-state index contributed by atoms with van der Waals surface area (Å²) in [5.41, 5.74) is 0.167. The highest BCUT2D eigenvalue weighted by molar-refractivity contribution is 8.16. The van der Waals surface area contributed by atoms with Crippen molar-refractivity contribution in [1.29, 1.82) is 0 Å². The number of anilines is 1. The third-order valence-electron chi connectivity index (χ3n) is 4.87. The van der Waals surface area contributed by atoms with Crippen LogP contribution in [0.5, 0.6) is 5.75 Å². The molecule has 1 unspecified atom stereocenters. The van der Waals surface area contributed by atoms with Crippen LogP contribution in [0.25, 0.3) is 17.2 Å². The van der Waals surface area contributed by atoms with Crippen LogP contribution in [-0.4, -0.2) is 32.5 Å². The van der Waals surface area contributed by atoms with Gasteiger partial charge in [-0.2, -0.15) is 13.2 Å². The van der Waals surface area contributed by atoms with Crippen LogP contribution in [0.1, 0.15) is 12.5 Å². The first-order valence-electron chi connectivity index (χ1n) is 9.91. The number of aromatic amines is 1. The second kappa shape index (κ2) is 9.92. The molecule has 13 heteroatoms. The van der Waals surface area contributed by atoms with Gasteiger partial charge in [-0.25, -0.2) is 19.3 Å². The molecule has 35 heavy (non-hydrogen) atoms. The molecule has 0 aliphatic rings. The normalized spacial score (nSPS) is 12.7. The number of halogens is 6. The number of aromatic nitrogens is 4. The zero-order chi connectivity index (χ0) is 25.3. The highest BCUT2D eigenvalue weighted by atomic mass is 35.5. The molecule has 4 aromatic rings. The molecule has 6 nitrogen and oxygen atoms in total. The number of ether oxygens (including phenoxy) is 1. The van der Waals surface area contributed by atoms with Crippen LogP contribution >= 0.6 is 33.9 Å². The third-order valence-corrected chi connectivity index (χ3v) is 7.08. The van der Waals surface area contributed by atoms with E-state index in [9.17, 15) is 17.6 Å². The summed E-state index contributed by atoms with van der Waals surface area (Å²) >= 11 is 11.9. The van der Waals surface area contributed by atoms with Crippen LogP contribution in [-0.2, 0) is 6.18 Å². The minimum Gasteiger partial charge on any atom is -0.494 e. The van der Waals surface area contributed by atoms with Gasteiger partial charge in [-0.3, -0.25) is 0 Å². The van der Waals surface area contributed by atoms with Gasteiger partial charge < -0.3 is 9.46 Å². The largest absolute Gasteiger partial charge is 0.494 e. The van der Waals surface area contributed by atoms with Gasteiger partial charge in [0.15, 0.2) is 0 Å². The molecular weight excluding hydrogens is 529 g/mol. The van der Waals surface area contributed by atoms with Crippen molar-refractivity contribution in [2.24, 2.45) is 0 Å². The molecule has 0 bridgehead atoms. The summed E-state index contributed by atoms with van der Waals surface area (Å²) in [6.07, 6.45) is -3.20. The second-order valence-electron chi connectivity index (χ2n) is 7.05. The summed E-state index contributed by atoms with van der Waals surface area (Å²) in [6.45, 7) is 1.71. The third kappa shape index (κ3) is 5.16. The van der Waals surface area contributed by atoms with Crippen molar-refractivity contribution in [3.63, 3.8) is 0 Å². The highest BCUT2D eigenvalue weighted by Gasteiger charge is 2.33. The Hall–Kier alpha value is -3.02. The van der Waals surface area contributed by atoms with Gasteiger partial charge >= 0.3 is 6.18 Å². The molecule has 2 N–H and O–H groups in total. The monoisotopic (exact) mass is 545 g/mol. The van der Waals surface area contributed by atoms with Gasteiger partial charge in [-0.05, 0) is 48.7 Å². The van der Waals surface area contributed by atoms with Crippen molar-refractivity contribution >= 4 is 44.9 Å². The SMILES string of the molecule is C/C=S(/Nc1cc(Cl)cnc1-c1n[nH]n1-c1cc(F)ccc1OC)c1ccc(Cl)c(C(F)(F)F)c1. The molecule has 0 radical (unpaired) electrons. The Kier molecular flexibility index (Phi) is 7.11. The number of nitrogens with zero attached hydrogens (tertiary/aromatic N) is 3. The Bertz CT molecular complexity index is 1420. The Balaban J connectivity index is 1.76. The average Bonchev–Trinajstić information content (AvgIpc) is 2.78. The van der Waals surface area contributed by atoms with E-state index in [0.717, 1.165) is 6.07 Å². The number of benzene rings is 2. The molecule has 2 heterocycles. The van der Waals surface area contributed by atoms with E-state index in [1.807, 2.05) is 0 Å². The summed E-state index contributed by atoms with van der Waals surface area (Å²) < 4.78 is 64.1. The maximum absolute atomic E-state index is 13.9. The quantitative estimate of drug-likeness (QED) is 0.198. The fourth-order valence-corrected chi connectivity index (χ4v) is 4.98. The van der Waals surface area contributed by atoms with E-state index in [0.29, 0.717) is 38.6 Å². The van der Waals surface area contributed by atoms with E-state index >= 15 is 0 Å². The Labute approximate surface area is 209 Å². The van der Waals surface area contributed by atoms with Crippen molar-refractivity contribution in [1.82, 2.24) is 20.0 Å². The summed E-state index contributed by atoms with van der Waals surface area (Å²) in [7, 11) is 0.461. The predicted octanol–water partition coefficient (Wildman–Crippen LogP) is 7.21. The topological polar surface area (TPSA) is 67.8 Å². The molecule has 0 aliphatic heterocycles. The Morgan fingerprint density at radius 3 is 2.54 bits per heavy atom. The van der Waals surface area contributed by atoms with Crippen LogP contribution < -0.4 is 9.46 Å². The minimum atomic E-state index is -4.60. The number of H-pyrrole nitrogens is 1. The van der Waals surface area contributed by atoms with Gasteiger partial charge in [0, 0.05) is 17.2 Å². The van der Waals surface area contributed by atoms with E-state index in [-0.39, 0.29) is 5.02 Å². The fourth-order valence-electron chi connectivity index (χ4n) is 3.24. The Morgan fingerprint density at radius 1 is 1.14 bits per heavy atom. The average molecular weight is 546 g/mol. The summed E-state index contributed by atoms with van der Waals surface area (Å²) in [5.74, 6) is 0.221. The van der Waals surface area contributed by atoms with Gasteiger partial charge in [0.25, 0.3) is 0 Å². The molecule has 1 atom stereocenters. The molecule has 0 fully saturated rings. The minimum absolute atomic E-state index is 0.297. The number of methoxy groups -OCH3 is 1. The van der Waals surface area contributed by atoms with Gasteiger partial charge in [-0.1, -0.05) is 33.9 Å². The lowest BCUT2D eigenvalue weighted by molar-refractivity contribution is -0.137. The van der Waals surface area contributed by atoms with Crippen LogP contribution in [0.2, 0.25) is 10.0 Å². The zero-order valence-electron chi connectivity index (χ0n) is 18.1. The molecule has 184 valence electrons. The molecule has 0 amide bonds. The molecule has 0 spiro atoms. The smallest absolute Gasteiger partial charge is 0.417 e. The van der Waals surface area contributed by atoms with Crippen LogP contribution in [0.4, 0.5) is 23.2 Å². The molecule has 2 aromatic heterocycles. The molecule has 0 saturated heterocycles. The number of pyridine rings is 1. The van der Waals surface area contributed by atoms with Crippen molar-refractivity contribution in [2.45, 2.75) is 18.0 Å².